The van der Waals surface area contributed by atoms with E-state index in [2.05, 4.69) is 9.97 Å². The fourth-order valence-electron chi connectivity index (χ4n) is 2.18. The molecule has 5 heteroatoms. The monoisotopic (exact) mass is 298 g/mol. The first-order valence-corrected chi connectivity index (χ1v) is 6.79. The maximum atomic E-state index is 6.19. The third-order valence-electron chi connectivity index (χ3n) is 3.05. The molecule has 1 aromatic heterocycles. The minimum atomic E-state index is 0.531. The molecule has 0 bridgehead atoms. The summed E-state index contributed by atoms with van der Waals surface area (Å²) >= 11 is 18.3. The summed E-state index contributed by atoms with van der Waals surface area (Å²) in [6.45, 7) is 0. The van der Waals surface area contributed by atoms with Gasteiger partial charge in [0.2, 0.25) is 0 Å². The minimum Gasteiger partial charge on any atom is -0.233 e. The van der Waals surface area contributed by atoms with Crippen LogP contribution in [0.1, 0.15) is 17.7 Å². The molecule has 0 N–H and O–H groups in total. The maximum absolute atomic E-state index is 6.19. The van der Waals surface area contributed by atoms with Gasteiger partial charge in [-0.2, -0.15) is 0 Å². The predicted molar refractivity (Wildman–Crippen MR) is 74.5 cm³/mol. The quantitative estimate of drug-likeness (QED) is 0.720. The van der Waals surface area contributed by atoms with Crippen molar-refractivity contribution in [2.24, 2.45) is 0 Å². The van der Waals surface area contributed by atoms with Crippen molar-refractivity contribution in [1.82, 2.24) is 9.97 Å². The second-order valence-electron chi connectivity index (χ2n) is 4.24. The SMILES string of the molecule is Clc1ccc(Cl)c(-c2nc(Cl)c3c(n2)CCC3)c1. The van der Waals surface area contributed by atoms with Crippen molar-refractivity contribution in [3.8, 4) is 11.4 Å². The Hall–Kier alpha value is -0.830. The number of hydrogen-bond acceptors (Lipinski definition) is 2. The summed E-state index contributed by atoms with van der Waals surface area (Å²) in [6.07, 6.45) is 2.98. The zero-order chi connectivity index (χ0) is 12.7. The van der Waals surface area contributed by atoms with Crippen molar-refractivity contribution in [3.05, 3.63) is 44.7 Å². The molecular weight excluding hydrogens is 291 g/mol. The number of rotatable bonds is 1. The Morgan fingerprint density at radius 3 is 2.67 bits per heavy atom. The zero-order valence-corrected chi connectivity index (χ0v) is 11.6. The molecule has 2 aromatic rings. The molecule has 0 amide bonds. The first kappa shape index (κ1) is 12.2. The van der Waals surface area contributed by atoms with Gasteiger partial charge in [-0.25, -0.2) is 9.97 Å². The maximum Gasteiger partial charge on any atom is 0.162 e. The summed E-state index contributed by atoms with van der Waals surface area (Å²) < 4.78 is 0. The van der Waals surface area contributed by atoms with Crippen LogP contribution in [0.4, 0.5) is 0 Å². The van der Waals surface area contributed by atoms with E-state index >= 15 is 0 Å². The number of nitrogens with zero attached hydrogens (tertiary/aromatic N) is 2. The van der Waals surface area contributed by atoms with Gasteiger partial charge in [-0.3, -0.25) is 0 Å². The number of benzene rings is 1. The van der Waals surface area contributed by atoms with Crippen LogP contribution in [0.2, 0.25) is 15.2 Å². The van der Waals surface area contributed by atoms with Crippen molar-refractivity contribution in [2.45, 2.75) is 19.3 Å². The molecule has 0 unspecified atom stereocenters. The molecule has 2 nitrogen and oxygen atoms in total. The molecule has 1 aromatic carbocycles. The van der Waals surface area contributed by atoms with Gasteiger partial charge in [0, 0.05) is 21.8 Å². The van der Waals surface area contributed by atoms with E-state index in [1.165, 1.54) is 0 Å². The van der Waals surface area contributed by atoms with Crippen LogP contribution in [-0.4, -0.2) is 9.97 Å². The third kappa shape index (κ3) is 2.09. The molecule has 0 saturated heterocycles. The molecule has 0 aliphatic heterocycles. The van der Waals surface area contributed by atoms with Gasteiger partial charge >= 0.3 is 0 Å². The Labute approximate surface area is 120 Å². The topological polar surface area (TPSA) is 25.8 Å². The van der Waals surface area contributed by atoms with Crippen molar-refractivity contribution >= 4 is 34.8 Å². The molecule has 0 spiro atoms. The van der Waals surface area contributed by atoms with Crippen molar-refractivity contribution < 1.29 is 0 Å². The van der Waals surface area contributed by atoms with E-state index in [4.69, 9.17) is 34.8 Å². The van der Waals surface area contributed by atoms with Crippen LogP contribution < -0.4 is 0 Å². The van der Waals surface area contributed by atoms with E-state index < -0.39 is 0 Å². The molecule has 0 atom stereocenters. The van der Waals surface area contributed by atoms with Gasteiger partial charge in [0.1, 0.15) is 5.15 Å². The number of aromatic nitrogens is 2. The summed E-state index contributed by atoms with van der Waals surface area (Å²) in [5, 5.41) is 1.71. The average Bonchev–Trinajstić information content (AvgIpc) is 2.81. The van der Waals surface area contributed by atoms with Crippen LogP contribution in [0, 0.1) is 0 Å². The molecule has 92 valence electrons. The van der Waals surface area contributed by atoms with Crippen LogP contribution in [0.25, 0.3) is 11.4 Å². The third-order valence-corrected chi connectivity index (χ3v) is 3.93. The first-order chi connectivity index (χ1) is 8.65. The zero-order valence-electron chi connectivity index (χ0n) is 9.38. The van der Waals surface area contributed by atoms with Crippen LogP contribution in [0.5, 0.6) is 0 Å². The van der Waals surface area contributed by atoms with Gasteiger partial charge in [-0.05, 0) is 37.5 Å². The second kappa shape index (κ2) is 4.69. The second-order valence-corrected chi connectivity index (χ2v) is 5.44. The van der Waals surface area contributed by atoms with Gasteiger partial charge < -0.3 is 0 Å². The Kier molecular flexibility index (Phi) is 3.18. The standard InChI is InChI=1S/C13H9Cl3N2/c14-7-4-5-10(15)9(6-7)13-17-11-3-1-2-8(11)12(16)18-13/h4-6H,1-3H2. The normalized spacial score (nSPS) is 13.7. The van der Waals surface area contributed by atoms with Crippen molar-refractivity contribution in [3.63, 3.8) is 0 Å². The predicted octanol–water partition coefficient (Wildman–Crippen LogP) is 4.59. The first-order valence-electron chi connectivity index (χ1n) is 5.66. The highest BCUT2D eigenvalue weighted by Crippen LogP contribution is 2.32. The fourth-order valence-corrected chi connectivity index (χ4v) is 2.83. The lowest BCUT2D eigenvalue weighted by molar-refractivity contribution is 0.900. The number of fused-ring (bicyclic) bond motifs is 1. The average molecular weight is 300 g/mol. The Morgan fingerprint density at radius 2 is 1.83 bits per heavy atom. The Morgan fingerprint density at radius 1 is 1.00 bits per heavy atom. The highest BCUT2D eigenvalue weighted by atomic mass is 35.5. The van der Waals surface area contributed by atoms with E-state index in [1.807, 2.05) is 0 Å². The molecule has 3 rings (SSSR count). The Bertz CT molecular complexity index is 626. The van der Waals surface area contributed by atoms with E-state index in [0.29, 0.717) is 21.0 Å². The summed E-state index contributed by atoms with van der Waals surface area (Å²) in [5.74, 6) is 0.549. The molecule has 0 fully saturated rings. The van der Waals surface area contributed by atoms with E-state index in [1.54, 1.807) is 18.2 Å². The summed E-state index contributed by atoms with van der Waals surface area (Å²) in [6, 6.07) is 5.24. The molecule has 1 aliphatic rings. The molecule has 1 heterocycles. The van der Waals surface area contributed by atoms with Crippen LogP contribution in [0.15, 0.2) is 18.2 Å². The van der Waals surface area contributed by atoms with Gasteiger partial charge in [0.05, 0.1) is 5.02 Å². The molecular formula is C13H9Cl3N2. The number of halogens is 3. The summed E-state index contributed by atoms with van der Waals surface area (Å²) in [5.41, 5.74) is 2.82. The van der Waals surface area contributed by atoms with Gasteiger partial charge in [-0.15, -0.1) is 0 Å². The molecule has 1 aliphatic carbocycles. The lowest BCUT2D eigenvalue weighted by Gasteiger charge is -2.07. The smallest absolute Gasteiger partial charge is 0.162 e. The van der Waals surface area contributed by atoms with Crippen LogP contribution in [0.3, 0.4) is 0 Å². The minimum absolute atomic E-state index is 0.531. The van der Waals surface area contributed by atoms with Gasteiger partial charge in [0.25, 0.3) is 0 Å². The number of hydrogen-bond donors (Lipinski definition) is 0. The summed E-state index contributed by atoms with van der Waals surface area (Å²) in [4.78, 5) is 8.88. The van der Waals surface area contributed by atoms with Gasteiger partial charge in [0.15, 0.2) is 5.82 Å². The van der Waals surface area contributed by atoms with E-state index in [-0.39, 0.29) is 0 Å². The van der Waals surface area contributed by atoms with Crippen LogP contribution >= 0.6 is 34.8 Å². The molecule has 18 heavy (non-hydrogen) atoms. The van der Waals surface area contributed by atoms with Gasteiger partial charge in [-0.1, -0.05) is 34.8 Å². The Balaban J connectivity index is 2.18. The highest BCUT2D eigenvalue weighted by molar-refractivity contribution is 6.35. The van der Waals surface area contributed by atoms with Crippen molar-refractivity contribution in [1.29, 1.82) is 0 Å². The van der Waals surface area contributed by atoms with E-state index in [0.717, 1.165) is 36.1 Å². The summed E-state index contributed by atoms with van der Waals surface area (Å²) in [7, 11) is 0. The van der Waals surface area contributed by atoms with Crippen LogP contribution in [-0.2, 0) is 12.8 Å². The van der Waals surface area contributed by atoms with Crippen molar-refractivity contribution in [2.75, 3.05) is 0 Å². The lowest BCUT2D eigenvalue weighted by atomic mass is 10.2. The molecule has 0 saturated carbocycles. The fraction of sp³-hybridized carbons (Fsp3) is 0.231. The van der Waals surface area contributed by atoms with E-state index in [9.17, 15) is 0 Å². The number of aryl methyl sites for hydroxylation is 1. The molecule has 0 radical (unpaired) electrons. The largest absolute Gasteiger partial charge is 0.233 e. The lowest BCUT2D eigenvalue weighted by Crippen LogP contribution is -1.97. The highest BCUT2D eigenvalue weighted by Gasteiger charge is 2.19.